The molecule has 3 aromatic carbocycles. The Kier molecular flexibility index (Phi) is 7.64. The fourth-order valence-electron chi connectivity index (χ4n) is 5.69. The Balaban J connectivity index is 1.63. The molecular weight excluding hydrogens is 472 g/mol. The molecule has 0 spiro atoms. The Hall–Kier alpha value is -3.86. The Labute approximate surface area is 225 Å². The number of ether oxygens (including phenoxy) is 1. The molecule has 0 radical (unpaired) electrons. The topological polar surface area (TPSA) is 58.6 Å². The van der Waals surface area contributed by atoms with Crippen molar-refractivity contribution in [3.8, 4) is 5.75 Å². The molecule has 0 aromatic heterocycles. The van der Waals surface area contributed by atoms with E-state index >= 15 is 0 Å². The molecule has 5 heteroatoms. The van der Waals surface area contributed by atoms with Crippen molar-refractivity contribution in [3.63, 3.8) is 0 Å². The fourth-order valence-corrected chi connectivity index (χ4v) is 5.69. The van der Waals surface area contributed by atoms with Gasteiger partial charge in [0.15, 0.2) is 5.78 Å². The summed E-state index contributed by atoms with van der Waals surface area (Å²) >= 11 is 0. The Morgan fingerprint density at radius 2 is 1.66 bits per heavy atom. The molecule has 0 fully saturated rings. The molecular formula is C33H36N2O3. The van der Waals surface area contributed by atoms with Crippen LogP contribution in [0.1, 0.15) is 74.1 Å². The van der Waals surface area contributed by atoms with Gasteiger partial charge in [-0.25, -0.2) is 0 Å². The van der Waals surface area contributed by atoms with Crippen molar-refractivity contribution in [1.82, 2.24) is 0 Å². The van der Waals surface area contributed by atoms with Crippen molar-refractivity contribution in [2.24, 2.45) is 0 Å². The van der Waals surface area contributed by atoms with E-state index in [0.717, 1.165) is 58.8 Å². The van der Waals surface area contributed by atoms with E-state index in [-0.39, 0.29) is 17.6 Å². The van der Waals surface area contributed by atoms with E-state index in [0.29, 0.717) is 24.8 Å². The number of allylic oxidation sites excluding steroid dienone is 1. The quantitative estimate of drug-likeness (QED) is 0.336. The summed E-state index contributed by atoms with van der Waals surface area (Å²) < 4.78 is 5.33. The normalized spacial score (nSPS) is 18.8. The summed E-state index contributed by atoms with van der Waals surface area (Å²) in [4.78, 5) is 29.9. The lowest BCUT2D eigenvalue weighted by atomic mass is 9.78. The molecule has 1 aliphatic heterocycles. The van der Waals surface area contributed by atoms with Gasteiger partial charge in [0.05, 0.1) is 24.5 Å². The van der Waals surface area contributed by atoms with E-state index in [4.69, 9.17) is 4.74 Å². The second kappa shape index (κ2) is 11.3. The predicted molar refractivity (Wildman–Crippen MR) is 153 cm³/mol. The number of amides is 1. The number of anilines is 2. The van der Waals surface area contributed by atoms with Crippen LogP contribution < -0.4 is 15.0 Å². The molecule has 5 nitrogen and oxygen atoms in total. The first-order valence-electron chi connectivity index (χ1n) is 13.6. The number of methoxy groups -OCH3 is 1. The Bertz CT molecular complexity index is 1340. The molecule has 0 saturated heterocycles. The first-order chi connectivity index (χ1) is 18.5. The van der Waals surface area contributed by atoms with Crippen molar-refractivity contribution in [1.29, 1.82) is 0 Å². The summed E-state index contributed by atoms with van der Waals surface area (Å²) in [5.41, 5.74) is 6.52. The highest BCUT2D eigenvalue weighted by Gasteiger charge is 2.41. The van der Waals surface area contributed by atoms with Gasteiger partial charge in [0, 0.05) is 24.1 Å². The van der Waals surface area contributed by atoms with Crippen LogP contribution >= 0.6 is 0 Å². The molecule has 38 heavy (non-hydrogen) atoms. The number of carbonyl (C=O) groups excluding carboxylic acids is 2. The van der Waals surface area contributed by atoms with E-state index in [1.54, 1.807) is 7.11 Å². The summed E-state index contributed by atoms with van der Waals surface area (Å²) in [6.45, 7) is 4.19. The second-order valence-corrected chi connectivity index (χ2v) is 10.4. The van der Waals surface area contributed by atoms with Gasteiger partial charge < -0.3 is 10.1 Å². The largest absolute Gasteiger partial charge is 0.497 e. The highest BCUT2D eigenvalue weighted by atomic mass is 16.5. The Morgan fingerprint density at radius 3 is 2.37 bits per heavy atom. The van der Waals surface area contributed by atoms with E-state index < -0.39 is 6.04 Å². The minimum Gasteiger partial charge on any atom is -0.497 e. The number of hydrogen-bond donors (Lipinski definition) is 1. The predicted octanol–water partition coefficient (Wildman–Crippen LogP) is 7.48. The summed E-state index contributed by atoms with van der Waals surface area (Å²) in [6, 6.07) is 23.7. The van der Waals surface area contributed by atoms with Crippen LogP contribution in [-0.2, 0) is 9.59 Å². The number of unbranched alkanes of at least 4 members (excludes halogenated alkanes) is 2. The van der Waals surface area contributed by atoms with Crippen LogP contribution in [0.5, 0.6) is 5.75 Å². The molecule has 0 bridgehead atoms. The highest BCUT2D eigenvalue weighted by molar-refractivity contribution is 6.06. The van der Waals surface area contributed by atoms with Crippen LogP contribution in [-0.4, -0.2) is 18.8 Å². The zero-order valence-corrected chi connectivity index (χ0v) is 22.5. The average Bonchev–Trinajstić information content (AvgIpc) is 3.08. The van der Waals surface area contributed by atoms with Crippen molar-refractivity contribution in [2.45, 2.75) is 64.3 Å². The van der Waals surface area contributed by atoms with Crippen molar-refractivity contribution >= 4 is 23.1 Å². The third kappa shape index (κ3) is 5.10. The lowest BCUT2D eigenvalue weighted by molar-refractivity contribution is -0.119. The summed E-state index contributed by atoms with van der Waals surface area (Å²) in [5.74, 6) is 0.993. The zero-order valence-electron chi connectivity index (χ0n) is 22.5. The summed E-state index contributed by atoms with van der Waals surface area (Å²) in [7, 11) is 1.66. The number of Topliss-reactive ketones (excluding diaryl/α,β-unsaturated/α-hetero) is 1. The zero-order chi connectivity index (χ0) is 26.6. The highest BCUT2D eigenvalue weighted by Crippen LogP contribution is 2.47. The van der Waals surface area contributed by atoms with Gasteiger partial charge in [0.25, 0.3) is 0 Å². The van der Waals surface area contributed by atoms with Gasteiger partial charge in [-0.1, -0.05) is 73.9 Å². The van der Waals surface area contributed by atoms with Crippen LogP contribution in [0, 0.1) is 6.92 Å². The molecule has 5 rings (SSSR count). The van der Waals surface area contributed by atoms with Crippen LogP contribution in [0.4, 0.5) is 11.4 Å². The maximum Gasteiger partial charge on any atom is 0.227 e. The SMILES string of the molecule is CCCCCC(=O)N1c2ccccc2NC2=C(C(=O)C[C@H](c3ccc(OC)cc3)C2)[C@@H]1c1ccc(C)cc1. The van der Waals surface area contributed by atoms with Crippen LogP contribution in [0.15, 0.2) is 84.1 Å². The molecule has 1 heterocycles. The third-order valence-corrected chi connectivity index (χ3v) is 7.73. The monoisotopic (exact) mass is 508 g/mol. The lowest BCUT2D eigenvalue weighted by Crippen LogP contribution is -2.38. The lowest BCUT2D eigenvalue weighted by Gasteiger charge is -2.35. The number of rotatable bonds is 7. The summed E-state index contributed by atoms with van der Waals surface area (Å²) in [5, 5.41) is 3.62. The molecule has 196 valence electrons. The fraction of sp³-hybridized carbons (Fsp3) is 0.333. The molecule has 1 N–H and O–H groups in total. The van der Waals surface area contributed by atoms with Crippen molar-refractivity contribution in [3.05, 3.63) is 101 Å². The maximum absolute atomic E-state index is 14.1. The van der Waals surface area contributed by atoms with Crippen molar-refractivity contribution in [2.75, 3.05) is 17.3 Å². The van der Waals surface area contributed by atoms with Gasteiger partial charge in [-0.05, 0) is 61.1 Å². The minimum atomic E-state index is -0.472. The van der Waals surface area contributed by atoms with E-state index in [9.17, 15) is 9.59 Å². The maximum atomic E-state index is 14.1. The van der Waals surface area contributed by atoms with E-state index in [1.165, 1.54) is 0 Å². The molecule has 1 amide bonds. The van der Waals surface area contributed by atoms with Crippen LogP contribution in [0.2, 0.25) is 0 Å². The van der Waals surface area contributed by atoms with Gasteiger partial charge in [0.2, 0.25) is 5.91 Å². The first kappa shape index (κ1) is 25.8. The number of aryl methyl sites for hydroxylation is 1. The minimum absolute atomic E-state index is 0.0529. The van der Waals surface area contributed by atoms with Gasteiger partial charge in [0.1, 0.15) is 5.75 Å². The van der Waals surface area contributed by atoms with Crippen LogP contribution in [0.3, 0.4) is 0 Å². The number of benzene rings is 3. The van der Waals surface area contributed by atoms with Crippen molar-refractivity contribution < 1.29 is 14.3 Å². The van der Waals surface area contributed by atoms with Crippen LogP contribution in [0.25, 0.3) is 0 Å². The van der Waals surface area contributed by atoms with Gasteiger partial charge in [-0.15, -0.1) is 0 Å². The number of nitrogens with one attached hydrogen (secondary N) is 1. The smallest absolute Gasteiger partial charge is 0.227 e. The van der Waals surface area contributed by atoms with Gasteiger partial charge >= 0.3 is 0 Å². The number of fused-ring (bicyclic) bond motifs is 1. The number of para-hydroxylation sites is 2. The molecule has 0 unspecified atom stereocenters. The number of carbonyl (C=O) groups is 2. The number of ketones is 1. The first-order valence-corrected chi connectivity index (χ1v) is 13.6. The number of hydrogen-bond acceptors (Lipinski definition) is 4. The molecule has 1 aliphatic carbocycles. The molecule has 3 aromatic rings. The molecule has 2 aliphatic rings. The number of nitrogens with zero attached hydrogens (tertiary/aromatic N) is 1. The molecule has 2 atom stereocenters. The van der Waals surface area contributed by atoms with Gasteiger partial charge in [-0.3, -0.25) is 14.5 Å². The van der Waals surface area contributed by atoms with Gasteiger partial charge in [-0.2, -0.15) is 0 Å². The summed E-state index contributed by atoms with van der Waals surface area (Å²) in [6.07, 6.45) is 4.45. The third-order valence-electron chi connectivity index (χ3n) is 7.73. The molecule has 0 saturated carbocycles. The second-order valence-electron chi connectivity index (χ2n) is 10.4. The van der Waals surface area contributed by atoms with E-state index in [2.05, 4.69) is 43.4 Å². The van der Waals surface area contributed by atoms with E-state index in [1.807, 2.05) is 53.4 Å². The Morgan fingerprint density at radius 1 is 0.947 bits per heavy atom. The standard InChI is InChI=1S/C33H36N2O3/c1-4-5-6-11-31(37)35-29-10-8-7-9-27(29)34-28-20-25(23-16-18-26(38-3)19-17-23)21-30(36)32(28)33(35)24-14-12-22(2)13-15-24/h7-10,12-19,25,33-34H,4-6,11,20-21H2,1-3H3/t25-,33+/m1/s1. The average molecular weight is 509 g/mol.